The van der Waals surface area contributed by atoms with E-state index in [1.54, 1.807) is 25.0 Å². The van der Waals surface area contributed by atoms with Gasteiger partial charge in [0.15, 0.2) is 0 Å². The zero-order valence-corrected chi connectivity index (χ0v) is 8.70. The molecule has 0 spiro atoms. The third-order valence-corrected chi connectivity index (χ3v) is 2.07. The van der Waals surface area contributed by atoms with Crippen LogP contribution in [0.2, 0.25) is 0 Å². The van der Waals surface area contributed by atoms with E-state index in [-0.39, 0.29) is 5.91 Å². The second-order valence-electron chi connectivity index (χ2n) is 3.02. The average molecular weight is 197 g/mol. The first-order valence-corrected chi connectivity index (χ1v) is 4.42. The highest BCUT2D eigenvalue weighted by Gasteiger charge is 2.11. The maximum atomic E-state index is 11.5. The molecule has 1 aromatic rings. The second kappa shape index (κ2) is 4.76. The minimum atomic E-state index is -0.104. The van der Waals surface area contributed by atoms with Crippen molar-refractivity contribution in [3.8, 4) is 0 Å². The Hall–Kier alpha value is -1.36. The Morgan fingerprint density at radius 1 is 1.71 bits per heavy atom. The zero-order valence-electron chi connectivity index (χ0n) is 8.70. The van der Waals surface area contributed by atoms with Gasteiger partial charge in [-0.3, -0.25) is 9.48 Å². The van der Waals surface area contributed by atoms with Crippen LogP contribution in [0.15, 0.2) is 6.20 Å². The number of amides is 1. The van der Waals surface area contributed by atoms with E-state index in [0.717, 1.165) is 5.69 Å². The van der Waals surface area contributed by atoms with Crippen LogP contribution in [0.25, 0.3) is 0 Å². The highest BCUT2D eigenvalue weighted by Crippen LogP contribution is 2.04. The van der Waals surface area contributed by atoms with Gasteiger partial charge in [-0.15, -0.1) is 0 Å². The van der Waals surface area contributed by atoms with Crippen LogP contribution in [-0.4, -0.2) is 35.9 Å². The summed E-state index contributed by atoms with van der Waals surface area (Å²) in [5, 5.41) is 6.73. The Labute approximate surface area is 83.1 Å². The van der Waals surface area contributed by atoms with Gasteiger partial charge in [-0.2, -0.15) is 5.10 Å². The summed E-state index contributed by atoms with van der Waals surface area (Å²) in [6, 6.07) is 0. The molecule has 0 radical (unpaired) electrons. The van der Waals surface area contributed by atoms with Crippen LogP contribution in [0.5, 0.6) is 0 Å². The molecule has 1 rings (SSSR count). The molecule has 0 atom stereocenters. The lowest BCUT2D eigenvalue weighted by Gasteiger charge is -2.03. The van der Waals surface area contributed by atoms with Crippen LogP contribution >= 0.6 is 0 Å². The third-order valence-electron chi connectivity index (χ3n) is 2.07. The Balaban J connectivity index is 2.56. The van der Waals surface area contributed by atoms with Crippen molar-refractivity contribution < 1.29 is 9.53 Å². The van der Waals surface area contributed by atoms with E-state index in [4.69, 9.17) is 4.74 Å². The first kappa shape index (κ1) is 10.7. The van der Waals surface area contributed by atoms with E-state index in [2.05, 4.69) is 10.4 Å². The van der Waals surface area contributed by atoms with Crippen molar-refractivity contribution in [1.82, 2.24) is 15.1 Å². The first-order valence-electron chi connectivity index (χ1n) is 4.42. The lowest BCUT2D eigenvalue weighted by Crippen LogP contribution is -2.27. The van der Waals surface area contributed by atoms with E-state index in [0.29, 0.717) is 18.7 Å². The number of carbonyl (C=O) groups excluding carboxylic acids is 1. The normalized spacial score (nSPS) is 10.2. The molecule has 0 saturated heterocycles. The Morgan fingerprint density at radius 2 is 2.43 bits per heavy atom. The molecule has 1 heterocycles. The van der Waals surface area contributed by atoms with Gasteiger partial charge in [0, 0.05) is 26.4 Å². The molecule has 0 aliphatic heterocycles. The van der Waals surface area contributed by atoms with Crippen LogP contribution < -0.4 is 5.32 Å². The molecule has 0 aliphatic rings. The van der Waals surface area contributed by atoms with E-state index in [9.17, 15) is 4.79 Å². The van der Waals surface area contributed by atoms with Gasteiger partial charge in [-0.05, 0) is 6.92 Å². The Bertz CT molecular complexity index is 320. The van der Waals surface area contributed by atoms with Gasteiger partial charge in [0.1, 0.15) is 0 Å². The van der Waals surface area contributed by atoms with Crippen molar-refractivity contribution in [2.24, 2.45) is 7.05 Å². The number of nitrogens with zero attached hydrogens (tertiary/aromatic N) is 2. The van der Waals surface area contributed by atoms with Crippen LogP contribution in [0.1, 0.15) is 16.1 Å². The minimum Gasteiger partial charge on any atom is -0.383 e. The summed E-state index contributed by atoms with van der Waals surface area (Å²) in [7, 11) is 3.41. The van der Waals surface area contributed by atoms with Gasteiger partial charge >= 0.3 is 0 Å². The van der Waals surface area contributed by atoms with Crippen molar-refractivity contribution in [2.75, 3.05) is 20.3 Å². The monoisotopic (exact) mass is 197 g/mol. The van der Waals surface area contributed by atoms with E-state index in [1.165, 1.54) is 0 Å². The molecule has 1 amide bonds. The summed E-state index contributed by atoms with van der Waals surface area (Å²) in [6.45, 7) is 2.90. The van der Waals surface area contributed by atoms with Crippen molar-refractivity contribution in [3.05, 3.63) is 17.5 Å². The Kier molecular flexibility index (Phi) is 3.64. The number of nitrogens with one attached hydrogen (secondary N) is 1. The largest absolute Gasteiger partial charge is 0.383 e. The fraction of sp³-hybridized carbons (Fsp3) is 0.556. The van der Waals surface area contributed by atoms with Gasteiger partial charge in [-0.1, -0.05) is 0 Å². The maximum absolute atomic E-state index is 11.5. The number of ether oxygens (including phenoxy) is 1. The maximum Gasteiger partial charge on any atom is 0.254 e. The van der Waals surface area contributed by atoms with Crippen LogP contribution in [0.4, 0.5) is 0 Å². The van der Waals surface area contributed by atoms with Crippen molar-refractivity contribution in [2.45, 2.75) is 6.92 Å². The number of rotatable bonds is 4. The molecule has 0 aromatic carbocycles. The summed E-state index contributed by atoms with van der Waals surface area (Å²) >= 11 is 0. The van der Waals surface area contributed by atoms with Gasteiger partial charge in [0.25, 0.3) is 5.91 Å². The Morgan fingerprint density at radius 3 is 2.93 bits per heavy atom. The number of aryl methyl sites for hydroxylation is 1. The third kappa shape index (κ3) is 2.32. The summed E-state index contributed by atoms with van der Waals surface area (Å²) < 4.78 is 6.50. The number of carbonyl (C=O) groups is 1. The first-order chi connectivity index (χ1) is 6.66. The molecule has 0 fully saturated rings. The highest BCUT2D eigenvalue weighted by molar-refractivity contribution is 5.94. The molecule has 0 saturated carbocycles. The van der Waals surface area contributed by atoms with Crippen molar-refractivity contribution in [3.63, 3.8) is 0 Å². The predicted molar refractivity (Wildman–Crippen MR) is 52.2 cm³/mol. The second-order valence-corrected chi connectivity index (χ2v) is 3.02. The molecule has 78 valence electrons. The van der Waals surface area contributed by atoms with Crippen LogP contribution in [-0.2, 0) is 11.8 Å². The van der Waals surface area contributed by atoms with Gasteiger partial charge < -0.3 is 10.1 Å². The number of hydrogen-bond acceptors (Lipinski definition) is 3. The summed E-state index contributed by atoms with van der Waals surface area (Å²) in [6.07, 6.45) is 1.57. The molecular weight excluding hydrogens is 182 g/mol. The number of aromatic nitrogens is 2. The molecule has 0 unspecified atom stereocenters. The van der Waals surface area contributed by atoms with Crippen LogP contribution in [0, 0.1) is 6.92 Å². The van der Waals surface area contributed by atoms with Gasteiger partial charge in [0.05, 0.1) is 18.4 Å². The van der Waals surface area contributed by atoms with Gasteiger partial charge in [-0.25, -0.2) is 0 Å². The minimum absolute atomic E-state index is 0.104. The predicted octanol–water partition coefficient (Wildman–Crippen LogP) is 0.105. The lowest BCUT2D eigenvalue weighted by atomic mass is 10.2. The van der Waals surface area contributed by atoms with Crippen molar-refractivity contribution >= 4 is 5.91 Å². The fourth-order valence-electron chi connectivity index (χ4n) is 1.08. The number of hydrogen-bond donors (Lipinski definition) is 1. The number of methoxy groups -OCH3 is 1. The SMILES string of the molecule is COCCNC(=O)c1cnn(C)c1C. The smallest absolute Gasteiger partial charge is 0.254 e. The zero-order chi connectivity index (χ0) is 10.6. The topological polar surface area (TPSA) is 56.1 Å². The van der Waals surface area contributed by atoms with Crippen molar-refractivity contribution in [1.29, 1.82) is 0 Å². The van der Waals surface area contributed by atoms with E-state index in [1.807, 2.05) is 6.92 Å². The molecule has 0 bridgehead atoms. The summed E-state index contributed by atoms with van der Waals surface area (Å²) in [4.78, 5) is 11.5. The molecule has 1 aromatic heterocycles. The molecule has 1 N–H and O–H groups in total. The molecular formula is C9H15N3O2. The quantitative estimate of drug-likeness (QED) is 0.697. The van der Waals surface area contributed by atoms with E-state index < -0.39 is 0 Å². The lowest BCUT2D eigenvalue weighted by molar-refractivity contribution is 0.0936. The molecule has 14 heavy (non-hydrogen) atoms. The average Bonchev–Trinajstić information content (AvgIpc) is 2.48. The fourth-order valence-corrected chi connectivity index (χ4v) is 1.08. The summed E-state index contributed by atoms with van der Waals surface area (Å²) in [5.74, 6) is -0.104. The molecule has 5 heteroatoms. The van der Waals surface area contributed by atoms with E-state index >= 15 is 0 Å². The standard InChI is InChI=1S/C9H15N3O2/c1-7-8(6-11-12(7)2)9(13)10-4-5-14-3/h6H,4-5H2,1-3H3,(H,10,13). The summed E-state index contributed by atoms with van der Waals surface area (Å²) in [5.41, 5.74) is 1.48. The molecule has 5 nitrogen and oxygen atoms in total. The molecule has 0 aliphatic carbocycles. The van der Waals surface area contributed by atoms with Gasteiger partial charge in [0.2, 0.25) is 0 Å². The highest BCUT2D eigenvalue weighted by atomic mass is 16.5. The van der Waals surface area contributed by atoms with Crippen LogP contribution in [0.3, 0.4) is 0 Å².